The van der Waals surface area contributed by atoms with Crippen LogP contribution in [0.25, 0.3) is 0 Å². The van der Waals surface area contributed by atoms with E-state index >= 15 is 0 Å². The highest BCUT2D eigenvalue weighted by molar-refractivity contribution is 7.12. The number of aryl methyl sites for hydroxylation is 1. The van der Waals surface area contributed by atoms with Gasteiger partial charge in [0, 0.05) is 25.9 Å². The quantitative estimate of drug-likeness (QED) is 0.714. The second-order valence-electron chi connectivity index (χ2n) is 5.97. The number of nitrogens with zero attached hydrogens (tertiary/aromatic N) is 3. The fraction of sp³-hybridized carbons (Fsp3) is 0.500. The Morgan fingerprint density at radius 2 is 2.20 bits per heavy atom. The predicted molar refractivity (Wildman–Crippen MR) is 95.7 cm³/mol. The summed E-state index contributed by atoms with van der Waals surface area (Å²) in [4.78, 5) is 29.0. The van der Waals surface area contributed by atoms with E-state index in [-0.39, 0.29) is 24.8 Å². The third-order valence-electron chi connectivity index (χ3n) is 4.12. The molecule has 1 aliphatic rings. The predicted octanol–water partition coefficient (Wildman–Crippen LogP) is 1.10. The van der Waals surface area contributed by atoms with Gasteiger partial charge in [-0.15, -0.1) is 11.3 Å². The molecule has 2 amide bonds. The van der Waals surface area contributed by atoms with Crippen LogP contribution in [0.5, 0.6) is 0 Å². The molecule has 25 heavy (non-hydrogen) atoms. The van der Waals surface area contributed by atoms with Crippen LogP contribution in [-0.4, -0.2) is 46.2 Å². The maximum absolute atomic E-state index is 12.1. The van der Waals surface area contributed by atoms with Crippen molar-refractivity contribution in [3.8, 4) is 0 Å². The average Bonchev–Trinajstić information content (AvgIpc) is 3.26. The summed E-state index contributed by atoms with van der Waals surface area (Å²) < 4.78 is 1.60. The van der Waals surface area contributed by atoms with Gasteiger partial charge in [-0.25, -0.2) is 4.68 Å². The molecule has 3 rings (SSSR count). The van der Waals surface area contributed by atoms with Gasteiger partial charge in [-0.1, -0.05) is 6.07 Å². The molecular formula is C16H22N6O2S. The zero-order chi connectivity index (χ0) is 17.6. The number of nitrogens with one attached hydrogen (secondary N) is 3. The van der Waals surface area contributed by atoms with Gasteiger partial charge in [0.25, 0.3) is 5.91 Å². The van der Waals surface area contributed by atoms with Gasteiger partial charge in [0.1, 0.15) is 0 Å². The van der Waals surface area contributed by atoms with Gasteiger partial charge < -0.3 is 10.6 Å². The highest BCUT2D eigenvalue weighted by atomic mass is 32.1. The lowest BCUT2D eigenvalue weighted by molar-refractivity contribution is -0.116. The lowest BCUT2D eigenvalue weighted by Crippen LogP contribution is -2.27. The summed E-state index contributed by atoms with van der Waals surface area (Å²) in [7, 11) is 1.77. The Bertz CT molecular complexity index is 721. The first kappa shape index (κ1) is 17.6. The molecule has 3 N–H and O–H groups in total. The molecule has 0 aliphatic carbocycles. The molecule has 0 unspecified atom stereocenters. The SMILES string of the molecule is Cn1nc(C2CCNCC2)nc1NC(=O)CCNC(=O)c1cccs1. The first-order valence-corrected chi connectivity index (χ1v) is 9.24. The third kappa shape index (κ3) is 4.64. The van der Waals surface area contributed by atoms with Crippen molar-refractivity contribution in [2.24, 2.45) is 7.05 Å². The van der Waals surface area contributed by atoms with Gasteiger partial charge in [-0.05, 0) is 37.4 Å². The Kier molecular flexibility index (Phi) is 5.77. The number of aromatic nitrogens is 3. The largest absolute Gasteiger partial charge is 0.351 e. The average molecular weight is 362 g/mol. The summed E-state index contributed by atoms with van der Waals surface area (Å²) in [5.74, 6) is 1.21. The maximum atomic E-state index is 12.1. The summed E-state index contributed by atoms with van der Waals surface area (Å²) in [6, 6.07) is 3.57. The fourth-order valence-corrected chi connectivity index (χ4v) is 3.38. The molecule has 8 nitrogen and oxygen atoms in total. The van der Waals surface area contributed by atoms with Crippen LogP contribution in [-0.2, 0) is 11.8 Å². The van der Waals surface area contributed by atoms with Gasteiger partial charge in [-0.3, -0.25) is 14.9 Å². The Balaban J connectivity index is 1.47. The van der Waals surface area contributed by atoms with Crippen LogP contribution >= 0.6 is 11.3 Å². The number of amides is 2. The number of hydrogen-bond acceptors (Lipinski definition) is 6. The van der Waals surface area contributed by atoms with Crippen LogP contribution in [0.3, 0.4) is 0 Å². The summed E-state index contributed by atoms with van der Waals surface area (Å²) in [5, 5.41) is 15.1. The maximum Gasteiger partial charge on any atom is 0.261 e. The number of carbonyl (C=O) groups is 2. The lowest BCUT2D eigenvalue weighted by Gasteiger charge is -2.19. The Labute approximate surface area is 150 Å². The molecule has 1 fully saturated rings. The van der Waals surface area contributed by atoms with Crippen LogP contribution in [0.4, 0.5) is 5.95 Å². The summed E-state index contributed by atoms with van der Waals surface area (Å²) in [6.07, 6.45) is 2.20. The van der Waals surface area contributed by atoms with Crippen LogP contribution in [0.1, 0.15) is 40.7 Å². The molecule has 0 radical (unpaired) electrons. The van der Waals surface area contributed by atoms with E-state index in [0.29, 0.717) is 16.7 Å². The van der Waals surface area contributed by atoms with E-state index in [4.69, 9.17) is 0 Å². The van der Waals surface area contributed by atoms with E-state index in [9.17, 15) is 9.59 Å². The number of rotatable bonds is 6. The molecular weight excluding hydrogens is 340 g/mol. The number of anilines is 1. The van der Waals surface area contributed by atoms with Crippen LogP contribution in [0.15, 0.2) is 17.5 Å². The van der Waals surface area contributed by atoms with Gasteiger partial charge in [0.15, 0.2) is 5.82 Å². The normalized spacial score (nSPS) is 15.1. The highest BCUT2D eigenvalue weighted by Gasteiger charge is 2.21. The summed E-state index contributed by atoms with van der Waals surface area (Å²) in [5.41, 5.74) is 0. The van der Waals surface area contributed by atoms with Crippen molar-refractivity contribution in [2.45, 2.75) is 25.2 Å². The molecule has 0 spiro atoms. The van der Waals surface area contributed by atoms with E-state index in [0.717, 1.165) is 31.8 Å². The monoisotopic (exact) mass is 362 g/mol. The first-order chi connectivity index (χ1) is 12.1. The molecule has 0 saturated carbocycles. The van der Waals surface area contributed by atoms with Crippen molar-refractivity contribution in [3.63, 3.8) is 0 Å². The van der Waals surface area contributed by atoms with Crippen molar-refractivity contribution in [1.29, 1.82) is 0 Å². The van der Waals surface area contributed by atoms with Crippen LogP contribution in [0.2, 0.25) is 0 Å². The third-order valence-corrected chi connectivity index (χ3v) is 4.99. The molecule has 2 aromatic rings. The highest BCUT2D eigenvalue weighted by Crippen LogP contribution is 2.23. The number of piperidine rings is 1. The van der Waals surface area contributed by atoms with Gasteiger partial charge in [-0.2, -0.15) is 10.1 Å². The Hall–Kier alpha value is -2.26. The Morgan fingerprint density at radius 3 is 2.92 bits per heavy atom. The zero-order valence-corrected chi connectivity index (χ0v) is 14.9. The van der Waals surface area contributed by atoms with Crippen molar-refractivity contribution in [2.75, 3.05) is 25.0 Å². The fourth-order valence-electron chi connectivity index (χ4n) is 2.74. The number of hydrogen-bond donors (Lipinski definition) is 3. The van der Waals surface area contributed by atoms with E-state index in [1.165, 1.54) is 11.3 Å². The second kappa shape index (κ2) is 8.21. The van der Waals surface area contributed by atoms with Gasteiger partial charge in [0.05, 0.1) is 4.88 Å². The molecule has 1 aliphatic heterocycles. The molecule has 0 atom stereocenters. The molecule has 134 valence electrons. The van der Waals surface area contributed by atoms with E-state index in [2.05, 4.69) is 26.0 Å². The van der Waals surface area contributed by atoms with E-state index in [1.54, 1.807) is 17.8 Å². The van der Waals surface area contributed by atoms with E-state index < -0.39 is 0 Å². The minimum absolute atomic E-state index is 0.158. The number of carbonyl (C=O) groups excluding carboxylic acids is 2. The topological polar surface area (TPSA) is 101 Å². The van der Waals surface area contributed by atoms with Crippen molar-refractivity contribution >= 4 is 29.1 Å². The molecule has 9 heteroatoms. The first-order valence-electron chi connectivity index (χ1n) is 8.36. The van der Waals surface area contributed by atoms with Crippen LogP contribution in [0, 0.1) is 0 Å². The van der Waals surface area contributed by atoms with Crippen molar-refractivity contribution in [1.82, 2.24) is 25.4 Å². The summed E-state index contributed by atoms with van der Waals surface area (Å²) in [6.45, 7) is 2.21. The van der Waals surface area contributed by atoms with Crippen molar-refractivity contribution in [3.05, 3.63) is 28.2 Å². The number of thiophene rings is 1. The Morgan fingerprint density at radius 1 is 1.40 bits per heavy atom. The second-order valence-corrected chi connectivity index (χ2v) is 6.92. The zero-order valence-electron chi connectivity index (χ0n) is 14.1. The van der Waals surface area contributed by atoms with Crippen molar-refractivity contribution < 1.29 is 9.59 Å². The smallest absolute Gasteiger partial charge is 0.261 e. The van der Waals surface area contributed by atoms with Gasteiger partial charge >= 0.3 is 0 Å². The minimum atomic E-state index is -0.196. The van der Waals surface area contributed by atoms with E-state index in [1.807, 2.05) is 11.4 Å². The molecule has 1 saturated heterocycles. The molecule has 0 bridgehead atoms. The molecule has 3 heterocycles. The standard InChI is InChI=1S/C16H22N6O2S/c1-22-16(20-14(21-22)11-4-7-17-8-5-11)19-13(23)6-9-18-15(24)12-3-2-10-25-12/h2-3,10-11,17H,4-9H2,1H3,(H,18,24)(H,19,20,21,23). The van der Waals surface area contributed by atoms with Crippen LogP contribution < -0.4 is 16.0 Å². The summed E-state index contributed by atoms with van der Waals surface area (Å²) >= 11 is 1.37. The lowest BCUT2D eigenvalue weighted by atomic mass is 9.98. The molecule has 2 aromatic heterocycles. The molecule has 0 aromatic carbocycles. The van der Waals surface area contributed by atoms with Gasteiger partial charge in [0.2, 0.25) is 11.9 Å². The minimum Gasteiger partial charge on any atom is -0.351 e.